The number of carbonyl (C=O) groups is 1. The molecule has 21 heavy (non-hydrogen) atoms. The molecule has 0 atom stereocenters. The van der Waals surface area contributed by atoms with Gasteiger partial charge in [-0.25, -0.2) is 4.79 Å². The van der Waals surface area contributed by atoms with E-state index in [1.165, 1.54) is 37.4 Å². The number of nitrogens with zero attached hydrogens (tertiary/aromatic N) is 1. The summed E-state index contributed by atoms with van der Waals surface area (Å²) >= 11 is 5.92. The largest absolute Gasteiger partial charge is 0.493 e. The van der Waals surface area contributed by atoms with E-state index in [1.54, 1.807) is 6.07 Å². The molecule has 0 aromatic heterocycles. The third kappa shape index (κ3) is 3.25. The molecule has 0 aliphatic rings. The number of hydrogen-bond donors (Lipinski definition) is 1. The molecule has 0 heterocycles. The van der Waals surface area contributed by atoms with E-state index in [2.05, 4.69) is 0 Å². The molecule has 2 aromatic carbocycles. The van der Waals surface area contributed by atoms with E-state index >= 15 is 0 Å². The van der Waals surface area contributed by atoms with E-state index in [9.17, 15) is 4.79 Å². The van der Waals surface area contributed by atoms with Crippen LogP contribution in [0, 0.1) is 11.3 Å². The summed E-state index contributed by atoms with van der Waals surface area (Å²) in [5, 5.41) is 18.0. The molecule has 0 radical (unpaired) electrons. The zero-order valence-electron chi connectivity index (χ0n) is 11.0. The van der Waals surface area contributed by atoms with Gasteiger partial charge in [0.05, 0.1) is 23.3 Å². The number of methoxy groups -OCH3 is 1. The number of carboxylic acid groups (broad SMARTS) is 1. The maximum absolute atomic E-state index is 10.9. The lowest BCUT2D eigenvalue weighted by Crippen LogP contribution is -1.98. The first-order chi connectivity index (χ1) is 10.0. The number of benzene rings is 2. The lowest BCUT2D eigenvalue weighted by molar-refractivity contribution is 0.0696. The second kappa shape index (κ2) is 6.16. The average Bonchev–Trinajstić information content (AvgIpc) is 2.47. The van der Waals surface area contributed by atoms with Crippen molar-refractivity contribution in [3.8, 4) is 23.3 Å². The minimum Gasteiger partial charge on any atom is -0.493 e. The smallest absolute Gasteiger partial charge is 0.335 e. The van der Waals surface area contributed by atoms with Crippen LogP contribution in [0.2, 0.25) is 5.02 Å². The van der Waals surface area contributed by atoms with Gasteiger partial charge in [-0.15, -0.1) is 0 Å². The summed E-state index contributed by atoms with van der Waals surface area (Å²) in [6, 6.07) is 10.9. The molecule has 0 saturated heterocycles. The van der Waals surface area contributed by atoms with Gasteiger partial charge in [-0.05, 0) is 30.3 Å². The Labute approximate surface area is 125 Å². The molecule has 0 bridgehead atoms. The van der Waals surface area contributed by atoms with Crippen molar-refractivity contribution >= 4 is 17.6 Å². The Bertz CT molecular complexity index is 737. The van der Waals surface area contributed by atoms with Gasteiger partial charge in [-0.3, -0.25) is 0 Å². The Kier molecular flexibility index (Phi) is 4.31. The maximum Gasteiger partial charge on any atom is 0.335 e. The van der Waals surface area contributed by atoms with Crippen LogP contribution in [0.15, 0.2) is 36.4 Å². The number of carboxylic acids is 1. The van der Waals surface area contributed by atoms with Gasteiger partial charge in [0.15, 0.2) is 11.5 Å². The summed E-state index contributed by atoms with van der Waals surface area (Å²) in [7, 11) is 1.42. The van der Waals surface area contributed by atoms with Crippen molar-refractivity contribution in [3.63, 3.8) is 0 Å². The molecule has 0 amide bonds. The van der Waals surface area contributed by atoms with Crippen LogP contribution in [0.5, 0.6) is 17.2 Å². The second-order valence-electron chi connectivity index (χ2n) is 4.03. The molecular formula is C15H10ClNO4. The molecular weight excluding hydrogens is 294 g/mol. The van der Waals surface area contributed by atoms with Crippen molar-refractivity contribution in [3.05, 3.63) is 52.5 Å². The zero-order valence-corrected chi connectivity index (χ0v) is 11.7. The molecule has 5 nitrogen and oxygen atoms in total. The van der Waals surface area contributed by atoms with Gasteiger partial charge < -0.3 is 14.6 Å². The van der Waals surface area contributed by atoms with Crippen LogP contribution in [-0.4, -0.2) is 18.2 Å². The van der Waals surface area contributed by atoms with Crippen LogP contribution < -0.4 is 9.47 Å². The number of ether oxygens (including phenoxy) is 2. The summed E-state index contributed by atoms with van der Waals surface area (Å²) in [4.78, 5) is 10.9. The highest BCUT2D eigenvalue weighted by molar-refractivity contribution is 6.31. The Morgan fingerprint density at radius 3 is 2.57 bits per heavy atom. The molecule has 0 aliphatic carbocycles. The van der Waals surface area contributed by atoms with Crippen LogP contribution in [0.3, 0.4) is 0 Å². The number of nitriles is 1. The molecule has 0 saturated carbocycles. The van der Waals surface area contributed by atoms with E-state index in [0.29, 0.717) is 17.1 Å². The molecule has 0 unspecified atom stereocenters. The summed E-state index contributed by atoms with van der Waals surface area (Å²) in [5.74, 6) is 0.000277. The van der Waals surface area contributed by atoms with Crippen molar-refractivity contribution < 1.29 is 19.4 Å². The van der Waals surface area contributed by atoms with Gasteiger partial charge in [0.25, 0.3) is 0 Å². The van der Waals surface area contributed by atoms with Gasteiger partial charge in [0, 0.05) is 6.07 Å². The van der Waals surface area contributed by atoms with E-state index in [-0.39, 0.29) is 16.3 Å². The molecule has 2 aromatic rings. The maximum atomic E-state index is 10.9. The predicted molar refractivity (Wildman–Crippen MR) is 76.2 cm³/mol. The fourth-order valence-electron chi connectivity index (χ4n) is 1.66. The van der Waals surface area contributed by atoms with Crippen molar-refractivity contribution in [2.24, 2.45) is 0 Å². The van der Waals surface area contributed by atoms with Gasteiger partial charge in [0.2, 0.25) is 0 Å². The minimum absolute atomic E-state index is 0.0945. The third-order valence-corrected chi connectivity index (χ3v) is 3.01. The lowest BCUT2D eigenvalue weighted by Gasteiger charge is -2.11. The fourth-order valence-corrected chi connectivity index (χ4v) is 1.87. The Hall–Kier alpha value is -2.71. The Morgan fingerprint density at radius 2 is 2.00 bits per heavy atom. The highest BCUT2D eigenvalue weighted by atomic mass is 35.5. The fraction of sp³-hybridized carbons (Fsp3) is 0.0667. The van der Waals surface area contributed by atoms with E-state index in [0.717, 1.165) is 0 Å². The first kappa shape index (κ1) is 14.7. The summed E-state index contributed by atoms with van der Waals surface area (Å²) in [6.45, 7) is 0. The molecule has 2 rings (SSSR count). The van der Waals surface area contributed by atoms with E-state index in [4.69, 9.17) is 31.4 Å². The monoisotopic (exact) mass is 303 g/mol. The molecule has 0 aliphatic heterocycles. The van der Waals surface area contributed by atoms with Crippen molar-refractivity contribution in [2.45, 2.75) is 0 Å². The first-order valence-corrected chi connectivity index (χ1v) is 6.21. The highest BCUT2D eigenvalue weighted by Gasteiger charge is 2.11. The van der Waals surface area contributed by atoms with Crippen LogP contribution in [-0.2, 0) is 0 Å². The van der Waals surface area contributed by atoms with E-state index < -0.39 is 5.97 Å². The van der Waals surface area contributed by atoms with Gasteiger partial charge >= 0.3 is 5.97 Å². The standard InChI is InChI=1S/C15H10ClNO4/c1-20-14-6-9(15(18)19)3-5-13(14)21-11-4-2-10(8-17)12(16)7-11/h2-7H,1H3,(H,18,19). The van der Waals surface area contributed by atoms with E-state index in [1.807, 2.05) is 6.07 Å². The normalized spacial score (nSPS) is 9.76. The molecule has 6 heteroatoms. The molecule has 1 N–H and O–H groups in total. The van der Waals surface area contributed by atoms with Crippen LogP contribution >= 0.6 is 11.6 Å². The van der Waals surface area contributed by atoms with Crippen LogP contribution in [0.1, 0.15) is 15.9 Å². The molecule has 106 valence electrons. The second-order valence-corrected chi connectivity index (χ2v) is 4.43. The molecule has 0 fully saturated rings. The highest BCUT2D eigenvalue weighted by Crippen LogP contribution is 2.33. The van der Waals surface area contributed by atoms with Crippen LogP contribution in [0.4, 0.5) is 0 Å². The number of aromatic carboxylic acids is 1. The summed E-state index contributed by atoms with van der Waals surface area (Å²) in [6.07, 6.45) is 0. The molecule has 0 spiro atoms. The number of rotatable bonds is 4. The Morgan fingerprint density at radius 1 is 1.24 bits per heavy atom. The summed E-state index contributed by atoms with van der Waals surface area (Å²) < 4.78 is 10.7. The third-order valence-electron chi connectivity index (χ3n) is 2.70. The van der Waals surface area contributed by atoms with Gasteiger partial charge in [-0.2, -0.15) is 5.26 Å². The number of halogens is 1. The van der Waals surface area contributed by atoms with Crippen molar-refractivity contribution in [2.75, 3.05) is 7.11 Å². The van der Waals surface area contributed by atoms with Gasteiger partial charge in [-0.1, -0.05) is 11.6 Å². The van der Waals surface area contributed by atoms with Gasteiger partial charge in [0.1, 0.15) is 11.8 Å². The zero-order chi connectivity index (χ0) is 15.4. The van der Waals surface area contributed by atoms with Crippen molar-refractivity contribution in [1.29, 1.82) is 5.26 Å². The topological polar surface area (TPSA) is 79.6 Å². The van der Waals surface area contributed by atoms with Crippen LogP contribution in [0.25, 0.3) is 0 Å². The average molecular weight is 304 g/mol. The first-order valence-electron chi connectivity index (χ1n) is 5.84. The minimum atomic E-state index is -1.05. The lowest BCUT2D eigenvalue weighted by atomic mass is 10.2. The Balaban J connectivity index is 2.33. The van der Waals surface area contributed by atoms with Crippen molar-refractivity contribution in [1.82, 2.24) is 0 Å². The quantitative estimate of drug-likeness (QED) is 0.931. The number of hydrogen-bond acceptors (Lipinski definition) is 4. The SMILES string of the molecule is COc1cc(C(=O)O)ccc1Oc1ccc(C#N)c(Cl)c1. The summed E-state index contributed by atoms with van der Waals surface area (Å²) in [5.41, 5.74) is 0.439. The predicted octanol–water partition coefficient (Wildman–Crippen LogP) is 3.71.